The van der Waals surface area contributed by atoms with Crippen LogP contribution in [0.25, 0.3) is 0 Å². The summed E-state index contributed by atoms with van der Waals surface area (Å²) in [5.41, 5.74) is 0. The summed E-state index contributed by atoms with van der Waals surface area (Å²) in [5.74, 6) is 3.15. The van der Waals surface area contributed by atoms with Gasteiger partial charge in [0, 0.05) is 6.61 Å². The Balaban J connectivity index is 1.51. The smallest absolute Gasteiger partial charge is 0.0575 e. The molecule has 0 radical (unpaired) electrons. The van der Waals surface area contributed by atoms with Crippen molar-refractivity contribution in [1.82, 2.24) is 0 Å². The van der Waals surface area contributed by atoms with E-state index in [1.54, 1.807) is 0 Å². The third-order valence-electron chi connectivity index (χ3n) is 7.09. The maximum absolute atomic E-state index is 6.06. The molecule has 2 aliphatic carbocycles. The van der Waals surface area contributed by atoms with E-state index in [0.717, 1.165) is 24.4 Å². The van der Waals surface area contributed by atoms with Gasteiger partial charge in [-0.15, -0.1) is 0 Å². The Labute approximate surface area is 158 Å². The highest BCUT2D eigenvalue weighted by Gasteiger charge is 2.30. The molecule has 0 N–H and O–H groups in total. The molecule has 0 atom stereocenters. The predicted octanol–water partition coefficient (Wildman–Crippen LogP) is 7.92. The highest BCUT2D eigenvalue weighted by molar-refractivity contribution is 4.82. The van der Waals surface area contributed by atoms with Crippen LogP contribution in [0.4, 0.5) is 0 Å². The van der Waals surface area contributed by atoms with E-state index in [2.05, 4.69) is 13.8 Å². The van der Waals surface area contributed by atoms with E-state index < -0.39 is 0 Å². The van der Waals surface area contributed by atoms with Gasteiger partial charge in [0.2, 0.25) is 0 Å². The van der Waals surface area contributed by atoms with Crippen LogP contribution in [0, 0.1) is 17.8 Å². The second-order valence-electron chi connectivity index (χ2n) is 9.10. The van der Waals surface area contributed by atoms with Crippen molar-refractivity contribution in [3.8, 4) is 0 Å². The molecule has 25 heavy (non-hydrogen) atoms. The van der Waals surface area contributed by atoms with Gasteiger partial charge in [0.05, 0.1) is 6.10 Å². The number of rotatable bonds is 12. The molecule has 0 aromatic heterocycles. The summed E-state index contributed by atoms with van der Waals surface area (Å²) in [6, 6.07) is 0. The van der Waals surface area contributed by atoms with Crippen molar-refractivity contribution in [2.45, 2.75) is 129 Å². The van der Waals surface area contributed by atoms with Crippen LogP contribution in [0.15, 0.2) is 0 Å². The zero-order valence-electron chi connectivity index (χ0n) is 17.4. The molecular formula is C24H46O. The van der Waals surface area contributed by atoms with Crippen molar-refractivity contribution >= 4 is 0 Å². The summed E-state index contributed by atoms with van der Waals surface area (Å²) in [6.45, 7) is 5.56. The first-order chi connectivity index (χ1) is 12.3. The topological polar surface area (TPSA) is 9.23 Å². The van der Waals surface area contributed by atoms with Crippen LogP contribution in [-0.2, 0) is 4.74 Å². The van der Waals surface area contributed by atoms with Crippen LogP contribution >= 0.6 is 0 Å². The Morgan fingerprint density at radius 1 is 0.600 bits per heavy atom. The summed E-state index contributed by atoms with van der Waals surface area (Å²) in [6.07, 6.45) is 25.1. The van der Waals surface area contributed by atoms with Crippen molar-refractivity contribution in [2.24, 2.45) is 17.8 Å². The third-order valence-corrected chi connectivity index (χ3v) is 7.09. The van der Waals surface area contributed by atoms with Gasteiger partial charge in [-0.1, -0.05) is 78.1 Å². The highest BCUT2D eigenvalue weighted by atomic mass is 16.5. The lowest BCUT2D eigenvalue weighted by Gasteiger charge is -2.38. The van der Waals surface area contributed by atoms with Gasteiger partial charge >= 0.3 is 0 Å². The van der Waals surface area contributed by atoms with Crippen LogP contribution in [0.3, 0.4) is 0 Å². The van der Waals surface area contributed by atoms with Gasteiger partial charge in [-0.05, 0) is 62.7 Å². The molecule has 0 heterocycles. The predicted molar refractivity (Wildman–Crippen MR) is 110 cm³/mol. The summed E-state index contributed by atoms with van der Waals surface area (Å²) in [7, 11) is 0. The van der Waals surface area contributed by atoms with E-state index in [4.69, 9.17) is 4.74 Å². The Bertz CT molecular complexity index is 297. The fourth-order valence-electron chi connectivity index (χ4n) is 5.28. The van der Waals surface area contributed by atoms with Crippen LogP contribution < -0.4 is 0 Å². The molecule has 2 saturated carbocycles. The fourth-order valence-corrected chi connectivity index (χ4v) is 5.28. The van der Waals surface area contributed by atoms with E-state index in [-0.39, 0.29) is 0 Å². The number of hydrogen-bond acceptors (Lipinski definition) is 1. The molecule has 0 amide bonds. The molecule has 0 unspecified atom stereocenters. The second-order valence-corrected chi connectivity index (χ2v) is 9.10. The maximum atomic E-state index is 6.06. The minimum absolute atomic E-state index is 0.590. The van der Waals surface area contributed by atoms with Crippen molar-refractivity contribution in [3.63, 3.8) is 0 Å². The molecule has 0 bridgehead atoms. The lowest BCUT2D eigenvalue weighted by Crippen LogP contribution is -2.28. The van der Waals surface area contributed by atoms with Gasteiger partial charge in [0.1, 0.15) is 0 Å². The Hall–Kier alpha value is -0.0400. The first-order valence-corrected chi connectivity index (χ1v) is 11.9. The lowest BCUT2D eigenvalue weighted by molar-refractivity contribution is 0.00576. The van der Waals surface area contributed by atoms with Gasteiger partial charge in [-0.25, -0.2) is 0 Å². The van der Waals surface area contributed by atoms with Crippen molar-refractivity contribution in [3.05, 3.63) is 0 Å². The number of hydrogen-bond donors (Lipinski definition) is 0. The van der Waals surface area contributed by atoms with E-state index in [1.807, 2.05) is 0 Å². The summed E-state index contributed by atoms with van der Waals surface area (Å²) >= 11 is 0. The minimum atomic E-state index is 0.590. The number of ether oxygens (including phenoxy) is 1. The molecule has 2 aliphatic rings. The van der Waals surface area contributed by atoms with Crippen LogP contribution in [0.2, 0.25) is 0 Å². The number of unbranched alkanes of at least 4 members (excludes halogenated alkanes) is 6. The molecule has 1 heteroatoms. The van der Waals surface area contributed by atoms with E-state index >= 15 is 0 Å². The fraction of sp³-hybridized carbons (Fsp3) is 1.00. The first kappa shape index (κ1) is 21.3. The molecule has 0 aromatic rings. The summed E-state index contributed by atoms with van der Waals surface area (Å²) in [4.78, 5) is 0. The van der Waals surface area contributed by atoms with Crippen LogP contribution in [0.5, 0.6) is 0 Å². The first-order valence-electron chi connectivity index (χ1n) is 11.9. The van der Waals surface area contributed by atoms with E-state index in [0.29, 0.717) is 6.10 Å². The molecule has 0 aliphatic heterocycles. The zero-order chi connectivity index (χ0) is 17.7. The standard InChI is InChI=1S/C24H46O/c1-3-5-7-8-9-10-11-21-12-14-22(15-13-21)23-16-18-24(19-17-23)25-20-6-4-2/h21-24H,3-20H2,1-2H3/t21?,22?,23-,24-. The molecule has 148 valence electrons. The molecular weight excluding hydrogens is 304 g/mol. The van der Waals surface area contributed by atoms with Gasteiger partial charge in [0.25, 0.3) is 0 Å². The SMILES string of the molecule is CCCCCCCCC1CCC([C@H]2CC[C@H](OCCCC)CC2)CC1. The van der Waals surface area contributed by atoms with Crippen molar-refractivity contribution in [2.75, 3.05) is 6.61 Å². The second kappa shape index (κ2) is 13.2. The highest BCUT2D eigenvalue weighted by Crippen LogP contribution is 2.41. The molecule has 1 nitrogen and oxygen atoms in total. The van der Waals surface area contributed by atoms with Gasteiger partial charge < -0.3 is 4.74 Å². The Kier molecular flexibility index (Phi) is 11.2. The van der Waals surface area contributed by atoms with Crippen molar-refractivity contribution in [1.29, 1.82) is 0 Å². The Morgan fingerprint density at radius 3 is 1.80 bits per heavy atom. The average Bonchev–Trinajstić information content (AvgIpc) is 2.66. The van der Waals surface area contributed by atoms with Crippen molar-refractivity contribution < 1.29 is 4.74 Å². The third kappa shape index (κ3) is 8.46. The monoisotopic (exact) mass is 350 g/mol. The van der Waals surface area contributed by atoms with Gasteiger partial charge in [-0.3, -0.25) is 0 Å². The molecule has 0 aromatic carbocycles. The molecule has 0 saturated heterocycles. The van der Waals surface area contributed by atoms with Gasteiger partial charge in [-0.2, -0.15) is 0 Å². The molecule has 2 rings (SSSR count). The lowest BCUT2D eigenvalue weighted by atomic mass is 9.70. The van der Waals surface area contributed by atoms with Gasteiger partial charge in [0.15, 0.2) is 0 Å². The molecule has 2 fully saturated rings. The van der Waals surface area contributed by atoms with E-state index in [9.17, 15) is 0 Å². The van der Waals surface area contributed by atoms with Crippen LogP contribution in [0.1, 0.15) is 123 Å². The summed E-state index contributed by atoms with van der Waals surface area (Å²) in [5, 5.41) is 0. The minimum Gasteiger partial charge on any atom is -0.378 e. The van der Waals surface area contributed by atoms with E-state index in [1.165, 1.54) is 109 Å². The normalized spacial score (nSPS) is 30.5. The van der Waals surface area contributed by atoms with Crippen LogP contribution in [-0.4, -0.2) is 12.7 Å². The largest absolute Gasteiger partial charge is 0.378 e. The maximum Gasteiger partial charge on any atom is 0.0575 e. The molecule has 0 spiro atoms. The summed E-state index contributed by atoms with van der Waals surface area (Å²) < 4.78 is 6.06. The zero-order valence-corrected chi connectivity index (χ0v) is 17.4. The quantitative estimate of drug-likeness (QED) is 0.325. The average molecular weight is 351 g/mol. The Morgan fingerprint density at radius 2 is 1.16 bits per heavy atom.